The summed E-state index contributed by atoms with van der Waals surface area (Å²) in [7, 11) is 1.77. The van der Waals surface area contributed by atoms with Crippen LogP contribution in [-0.2, 0) is 23.9 Å². The van der Waals surface area contributed by atoms with Gasteiger partial charge in [0.15, 0.2) is 0 Å². The lowest BCUT2D eigenvalue weighted by atomic mass is 9.93. The largest absolute Gasteiger partial charge is 0.479 e. The van der Waals surface area contributed by atoms with Crippen molar-refractivity contribution in [1.29, 1.82) is 0 Å². The Kier molecular flexibility index (Phi) is 6.95. The second-order valence-corrected chi connectivity index (χ2v) is 8.34. The third-order valence-electron chi connectivity index (χ3n) is 6.37. The van der Waals surface area contributed by atoms with Crippen LogP contribution in [0.25, 0.3) is 0 Å². The van der Waals surface area contributed by atoms with Crippen LogP contribution in [-0.4, -0.2) is 66.4 Å². The van der Waals surface area contributed by atoms with E-state index in [9.17, 15) is 19.5 Å². The Bertz CT molecular complexity index is 666. The van der Waals surface area contributed by atoms with Crippen molar-refractivity contribution in [2.45, 2.75) is 57.1 Å². The molecule has 0 aromatic carbocycles. The number of carboxylic acids is 1. The van der Waals surface area contributed by atoms with Gasteiger partial charge in [-0.05, 0) is 45.4 Å². The minimum atomic E-state index is -1.25. The standard InChI is InChI=1S/C21H32N2O6/c1-3-28-13-29-15-10-16-17(11-15)19(25)23(2)9-7-5-4-6-8-14-12-21(14,20(26)27)22-18(16)24/h6,8,14-17H,3-5,7,9-13H2,1-2H3,(H,22,24)(H,26,27)/b8-6-. The van der Waals surface area contributed by atoms with Gasteiger partial charge in [-0.1, -0.05) is 12.2 Å². The van der Waals surface area contributed by atoms with Gasteiger partial charge in [0.2, 0.25) is 11.8 Å². The molecule has 3 rings (SSSR count). The van der Waals surface area contributed by atoms with Crippen LogP contribution < -0.4 is 5.32 Å². The third kappa shape index (κ3) is 4.80. The zero-order valence-corrected chi connectivity index (χ0v) is 17.3. The number of nitrogens with one attached hydrogen (secondary N) is 1. The maximum absolute atomic E-state index is 13.1. The van der Waals surface area contributed by atoms with Crippen LogP contribution in [0.1, 0.15) is 45.4 Å². The molecule has 2 aliphatic carbocycles. The molecule has 0 aromatic rings. The van der Waals surface area contributed by atoms with E-state index in [1.165, 1.54) is 0 Å². The first-order valence-corrected chi connectivity index (χ1v) is 10.6. The molecule has 2 amide bonds. The molecule has 5 atom stereocenters. The number of nitrogens with zero attached hydrogens (tertiary/aromatic N) is 1. The number of carboxylic acid groups (broad SMARTS) is 1. The summed E-state index contributed by atoms with van der Waals surface area (Å²) >= 11 is 0. The van der Waals surface area contributed by atoms with Crippen molar-refractivity contribution >= 4 is 17.8 Å². The van der Waals surface area contributed by atoms with Gasteiger partial charge in [0.05, 0.1) is 17.9 Å². The van der Waals surface area contributed by atoms with Crippen LogP contribution in [0.4, 0.5) is 0 Å². The van der Waals surface area contributed by atoms with Gasteiger partial charge in [-0.2, -0.15) is 0 Å². The maximum atomic E-state index is 13.1. The van der Waals surface area contributed by atoms with E-state index in [0.29, 0.717) is 32.4 Å². The molecular weight excluding hydrogens is 376 g/mol. The number of rotatable bonds is 5. The topological polar surface area (TPSA) is 105 Å². The molecule has 0 spiro atoms. The molecule has 1 heterocycles. The van der Waals surface area contributed by atoms with Gasteiger partial charge in [-0.15, -0.1) is 0 Å². The van der Waals surface area contributed by atoms with Crippen LogP contribution in [0.2, 0.25) is 0 Å². The highest BCUT2D eigenvalue weighted by Crippen LogP contribution is 2.46. The molecule has 1 aliphatic heterocycles. The lowest BCUT2D eigenvalue weighted by Gasteiger charge is -2.26. The van der Waals surface area contributed by atoms with Gasteiger partial charge in [0.1, 0.15) is 12.3 Å². The van der Waals surface area contributed by atoms with Crippen molar-refractivity contribution in [3.05, 3.63) is 12.2 Å². The number of allylic oxidation sites excluding steroid dienone is 1. The summed E-state index contributed by atoms with van der Waals surface area (Å²) in [6.45, 7) is 3.16. The van der Waals surface area contributed by atoms with E-state index >= 15 is 0 Å². The second-order valence-electron chi connectivity index (χ2n) is 8.34. The zero-order valence-electron chi connectivity index (χ0n) is 17.3. The fraction of sp³-hybridized carbons (Fsp3) is 0.762. The van der Waals surface area contributed by atoms with Crippen molar-refractivity contribution in [3.8, 4) is 0 Å². The van der Waals surface area contributed by atoms with Crippen LogP contribution >= 0.6 is 0 Å². The fourth-order valence-corrected chi connectivity index (χ4v) is 4.46. The number of hydrogen-bond donors (Lipinski definition) is 2. The van der Waals surface area contributed by atoms with Gasteiger partial charge in [0, 0.05) is 26.1 Å². The van der Waals surface area contributed by atoms with E-state index in [1.807, 2.05) is 19.1 Å². The Hall–Kier alpha value is -1.93. The molecule has 162 valence electrons. The summed E-state index contributed by atoms with van der Waals surface area (Å²) in [6, 6.07) is 0. The monoisotopic (exact) mass is 408 g/mol. The van der Waals surface area contributed by atoms with Crippen LogP contribution in [0.5, 0.6) is 0 Å². The number of carbonyl (C=O) groups excluding carboxylic acids is 2. The molecule has 0 aromatic heterocycles. The molecule has 3 aliphatic rings. The number of carbonyl (C=O) groups is 3. The van der Waals surface area contributed by atoms with Crippen molar-refractivity contribution < 1.29 is 29.0 Å². The molecule has 5 unspecified atom stereocenters. The summed E-state index contributed by atoms with van der Waals surface area (Å²) in [5.74, 6) is -2.76. The quantitative estimate of drug-likeness (QED) is 0.406. The van der Waals surface area contributed by atoms with Crippen molar-refractivity contribution in [3.63, 3.8) is 0 Å². The van der Waals surface area contributed by atoms with Gasteiger partial charge in [0.25, 0.3) is 0 Å². The average molecular weight is 408 g/mol. The lowest BCUT2D eigenvalue weighted by molar-refractivity contribution is -0.145. The SMILES string of the molecule is CCOCOC1CC2C(=O)NC3(C(=O)O)CC3/C=C\CCCCN(C)C(=O)C2C1. The molecule has 0 bridgehead atoms. The number of fused-ring (bicyclic) bond motifs is 2. The van der Waals surface area contributed by atoms with Crippen LogP contribution in [0, 0.1) is 17.8 Å². The highest BCUT2D eigenvalue weighted by atomic mass is 16.7. The summed E-state index contributed by atoms with van der Waals surface area (Å²) in [5, 5.41) is 12.5. The Morgan fingerprint density at radius 3 is 2.79 bits per heavy atom. The first kappa shape index (κ1) is 21.8. The smallest absolute Gasteiger partial charge is 0.330 e. The highest BCUT2D eigenvalue weighted by Gasteiger charge is 2.61. The Morgan fingerprint density at radius 1 is 1.31 bits per heavy atom. The Morgan fingerprint density at radius 2 is 2.07 bits per heavy atom. The van der Waals surface area contributed by atoms with E-state index in [4.69, 9.17) is 9.47 Å². The molecule has 2 fully saturated rings. The first-order chi connectivity index (χ1) is 13.9. The molecule has 2 saturated carbocycles. The van der Waals surface area contributed by atoms with Gasteiger partial charge in [-0.25, -0.2) is 4.79 Å². The van der Waals surface area contributed by atoms with Crippen molar-refractivity contribution in [2.75, 3.05) is 27.0 Å². The predicted octanol–water partition coefficient (Wildman–Crippen LogP) is 1.55. The minimum absolute atomic E-state index is 0.0722. The average Bonchev–Trinajstić information content (AvgIpc) is 3.21. The van der Waals surface area contributed by atoms with Gasteiger partial charge >= 0.3 is 5.97 Å². The molecule has 8 nitrogen and oxygen atoms in total. The summed E-state index contributed by atoms with van der Waals surface area (Å²) in [6.07, 6.45) is 7.50. The molecule has 2 N–H and O–H groups in total. The molecule has 29 heavy (non-hydrogen) atoms. The first-order valence-electron chi connectivity index (χ1n) is 10.6. The van der Waals surface area contributed by atoms with E-state index in [1.54, 1.807) is 11.9 Å². The van der Waals surface area contributed by atoms with Crippen molar-refractivity contribution in [2.24, 2.45) is 17.8 Å². The second kappa shape index (κ2) is 9.26. The van der Waals surface area contributed by atoms with Gasteiger partial charge < -0.3 is 24.8 Å². The maximum Gasteiger partial charge on any atom is 0.330 e. The molecule has 8 heteroatoms. The predicted molar refractivity (Wildman–Crippen MR) is 105 cm³/mol. The lowest BCUT2D eigenvalue weighted by Crippen LogP contribution is -2.49. The normalized spacial score (nSPS) is 36.6. The summed E-state index contributed by atoms with van der Waals surface area (Å²) < 4.78 is 11.0. The number of aliphatic carboxylic acids is 1. The van der Waals surface area contributed by atoms with Gasteiger partial charge in [-0.3, -0.25) is 9.59 Å². The number of amides is 2. The number of hydrogen-bond acceptors (Lipinski definition) is 5. The van der Waals surface area contributed by atoms with Crippen molar-refractivity contribution in [1.82, 2.24) is 10.2 Å². The van der Waals surface area contributed by atoms with E-state index in [2.05, 4.69) is 5.32 Å². The molecule has 0 radical (unpaired) electrons. The molecule has 0 saturated heterocycles. The summed E-state index contributed by atoms with van der Waals surface area (Å²) in [4.78, 5) is 39.7. The Labute approximate surface area is 171 Å². The van der Waals surface area contributed by atoms with E-state index in [-0.39, 0.29) is 30.6 Å². The fourth-order valence-electron chi connectivity index (χ4n) is 4.46. The zero-order chi connectivity index (χ0) is 21.0. The highest BCUT2D eigenvalue weighted by molar-refractivity contribution is 5.94. The van der Waals surface area contributed by atoms with E-state index < -0.39 is 23.3 Å². The minimum Gasteiger partial charge on any atom is -0.479 e. The van der Waals surface area contributed by atoms with E-state index in [0.717, 1.165) is 19.3 Å². The molecular formula is C21H32N2O6. The Balaban J connectivity index is 1.79. The summed E-state index contributed by atoms with van der Waals surface area (Å²) in [5.41, 5.74) is -1.25. The third-order valence-corrected chi connectivity index (χ3v) is 6.37. The van der Waals surface area contributed by atoms with Crippen LogP contribution in [0.3, 0.4) is 0 Å². The number of ether oxygens (including phenoxy) is 2. The van der Waals surface area contributed by atoms with Crippen LogP contribution in [0.15, 0.2) is 12.2 Å².